The Hall–Kier alpha value is -4.13. The van der Waals surface area contributed by atoms with E-state index < -0.39 is 11.7 Å². The fourth-order valence-corrected chi connectivity index (χ4v) is 5.71. The maximum atomic E-state index is 12.6. The number of carbonyl (C=O) groups excluding carboxylic acids is 3. The first-order chi connectivity index (χ1) is 19.7. The lowest BCUT2D eigenvalue weighted by atomic mass is 9.98. The van der Waals surface area contributed by atoms with E-state index in [1.54, 1.807) is 4.90 Å². The Morgan fingerprint density at radius 1 is 0.878 bits per heavy atom. The SMILES string of the molecule is CC(C)(C)OC(=O)N1Cc2cccc(CCC(=O)CCCNC(=O)OCC3c4ccccc4-c4ccccc43)c2C1. The van der Waals surface area contributed by atoms with Crippen LogP contribution < -0.4 is 5.32 Å². The molecule has 0 saturated carbocycles. The molecular weight excluding hydrogens is 516 g/mol. The van der Waals surface area contributed by atoms with Crippen molar-refractivity contribution < 1.29 is 23.9 Å². The van der Waals surface area contributed by atoms with E-state index in [4.69, 9.17) is 9.47 Å². The van der Waals surface area contributed by atoms with Gasteiger partial charge in [-0.3, -0.25) is 9.69 Å². The Bertz CT molecular complexity index is 1400. The summed E-state index contributed by atoms with van der Waals surface area (Å²) in [4.78, 5) is 39.2. The van der Waals surface area contributed by atoms with E-state index >= 15 is 0 Å². The maximum Gasteiger partial charge on any atom is 0.410 e. The summed E-state index contributed by atoms with van der Waals surface area (Å²) in [7, 11) is 0. The van der Waals surface area contributed by atoms with Crippen LogP contribution in [-0.4, -0.2) is 41.6 Å². The molecular formula is C34H38N2O5. The molecule has 3 aromatic carbocycles. The van der Waals surface area contributed by atoms with Crippen molar-refractivity contribution >= 4 is 18.0 Å². The van der Waals surface area contributed by atoms with Crippen LogP contribution in [0.5, 0.6) is 0 Å². The largest absolute Gasteiger partial charge is 0.449 e. The second-order valence-corrected chi connectivity index (χ2v) is 11.8. The van der Waals surface area contributed by atoms with Gasteiger partial charge in [0.1, 0.15) is 18.0 Å². The Labute approximate surface area is 241 Å². The predicted octanol–water partition coefficient (Wildman–Crippen LogP) is 6.76. The molecule has 0 fully saturated rings. The minimum absolute atomic E-state index is 0.0189. The second kappa shape index (κ2) is 12.2. The molecule has 0 atom stereocenters. The summed E-state index contributed by atoms with van der Waals surface area (Å²) >= 11 is 0. The van der Waals surface area contributed by atoms with Crippen molar-refractivity contribution in [2.75, 3.05) is 13.2 Å². The molecule has 1 aliphatic carbocycles. The molecule has 41 heavy (non-hydrogen) atoms. The van der Waals surface area contributed by atoms with Gasteiger partial charge in [0, 0.05) is 38.4 Å². The maximum absolute atomic E-state index is 12.6. The first-order valence-corrected chi connectivity index (χ1v) is 14.4. The summed E-state index contributed by atoms with van der Waals surface area (Å²) in [5.41, 5.74) is 7.51. The van der Waals surface area contributed by atoms with Gasteiger partial charge in [-0.2, -0.15) is 0 Å². The minimum atomic E-state index is -0.541. The van der Waals surface area contributed by atoms with Gasteiger partial charge < -0.3 is 14.8 Å². The Kier molecular flexibility index (Phi) is 8.43. The average Bonchev–Trinajstić information content (AvgIpc) is 3.52. The summed E-state index contributed by atoms with van der Waals surface area (Å²) in [6, 6.07) is 22.5. The highest BCUT2D eigenvalue weighted by molar-refractivity contribution is 5.80. The zero-order valence-corrected chi connectivity index (χ0v) is 24.1. The standard InChI is InChI=1S/C34H38N2O5/c1-34(2,3)41-33(39)36-20-24-11-8-10-23(30(24)21-36)17-18-25(37)12-9-19-35-32(38)40-22-31-28-15-6-4-13-26(28)27-14-5-7-16-29(27)31/h4-8,10-11,13-16,31H,9,12,17-22H2,1-3H3,(H,35,38). The fourth-order valence-electron chi connectivity index (χ4n) is 5.71. The van der Waals surface area contributed by atoms with Crippen LogP contribution in [0.1, 0.15) is 73.8 Å². The molecule has 0 unspecified atom stereocenters. The lowest BCUT2D eigenvalue weighted by molar-refractivity contribution is -0.119. The van der Waals surface area contributed by atoms with E-state index in [9.17, 15) is 14.4 Å². The number of aryl methyl sites for hydroxylation is 1. The highest BCUT2D eigenvalue weighted by Crippen LogP contribution is 2.44. The Morgan fingerprint density at radius 3 is 2.24 bits per heavy atom. The van der Waals surface area contributed by atoms with Gasteiger partial charge in [-0.05, 0) is 72.6 Å². The molecule has 0 bridgehead atoms. The molecule has 1 N–H and O–H groups in total. The third-order valence-corrected chi connectivity index (χ3v) is 7.65. The number of hydrogen-bond donors (Lipinski definition) is 1. The van der Waals surface area contributed by atoms with E-state index in [1.807, 2.05) is 63.2 Å². The van der Waals surface area contributed by atoms with Crippen molar-refractivity contribution in [3.63, 3.8) is 0 Å². The van der Waals surface area contributed by atoms with Crippen molar-refractivity contribution in [2.24, 2.45) is 0 Å². The first-order valence-electron chi connectivity index (χ1n) is 14.4. The second-order valence-electron chi connectivity index (χ2n) is 11.8. The van der Waals surface area contributed by atoms with Gasteiger partial charge in [-0.1, -0.05) is 66.7 Å². The molecule has 5 rings (SSSR count). The van der Waals surface area contributed by atoms with E-state index in [0.29, 0.717) is 45.3 Å². The minimum Gasteiger partial charge on any atom is -0.449 e. The number of alkyl carbamates (subject to hydrolysis) is 1. The van der Waals surface area contributed by atoms with Gasteiger partial charge in [0.25, 0.3) is 0 Å². The predicted molar refractivity (Wildman–Crippen MR) is 158 cm³/mol. The Morgan fingerprint density at radius 2 is 1.56 bits per heavy atom. The van der Waals surface area contributed by atoms with Crippen LogP contribution in [0.25, 0.3) is 11.1 Å². The molecule has 0 aromatic heterocycles. The molecule has 7 nitrogen and oxygen atoms in total. The van der Waals surface area contributed by atoms with Crippen LogP contribution in [0.15, 0.2) is 66.7 Å². The fraction of sp³-hybridized carbons (Fsp3) is 0.382. The molecule has 0 spiro atoms. The number of Topliss-reactive ketones (excluding diaryl/α,β-unsaturated/α-hetero) is 1. The number of fused-ring (bicyclic) bond motifs is 4. The molecule has 1 aliphatic heterocycles. The van der Waals surface area contributed by atoms with Crippen molar-refractivity contribution in [1.82, 2.24) is 10.2 Å². The van der Waals surface area contributed by atoms with Crippen LogP contribution in [0, 0.1) is 0 Å². The number of ether oxygens (including phenoxy) is 2. The van der Waals surface area contributed by atoms with Crippen molar-refractivity contribution in [2.45, 2.75) is 71.1 Å². The molecule has 2 aliphatic rings. The van der Waals surface area contributed by atoms with E-state index in [1.165, 1.54) is 22.3 Å². The lowest BCUT2D eigenvalue weighted by Gasteiger charge is -2.24. The highest BCUT2D eigenvalue weighted by Gasteiger charge is 2.30. The van der Waals surface area contributed by atoms with Gasteiger partial charge in [0.05, 0.1) is 0 Å². The number of benzene rings is 3. The van der Waals surface area contributed by atoms with Crippen molar-refractivity contribution in [3.05, 3.63) is 94.5 Å². The summed E-state index contributed by atoms with van der Waals surface area (Å²) in [5, 5.41) is 2.79. The Balaban J connectivity index is 1.03. The van der Waals surface area contributed by atoms with E-state index in [2.05, 4.69) is 29.6 Å². The van der Waals surface area contributed by atoms with Gasteiger partial charge in [-0.15, -0.1) is 0 Å². The third kappa shape index (κ3) is 6.79. The van der Waals surface area contributed by atoms with Crippen LogP contribution in [-0.2, 0) is 33.8 Å². The van der Waals surface area contributed by atoms with E-state index in [0.717, 1.165) is 16.7 Å². The van der Waals surface area contributed by atoms with Gasteiger partial charge in [0.2, 0.25) is 0 Å². The number of nitrogens with one attached hydrogen (secondary N) is 1. The smallest absolute Gasteiger partial charge is 0.410 e. The number of amides is 2. The summed E-state index contributed by atoms with van der Waals surface area (Å²) in [6.45, 7) is 7.25. The van der Waals surface area contributed by atoms with Crippen LogP contribution in [0.4, 0.5) is 9.59 Å². The molecule has 3 aromatic rings. The van der Waals surface area contributed by atoms with Crippen LogP contribution >= 0.6 is 0 Å². The molecule has 0 saturated heterocycles. The monoisotopic (exact) mass is 554 g/mol. The van der Waals surface area contributed by atoms with E-state index in [-0.39, 0.29) is 24.4 Å². The van der Waals surface area contributed by atoms with Gasteiger partial charge in [0.15, 0.2) is 0 Å². The van der Waals surface area contributed by atoms with Crippen molar-refractivity contribution in [1.29, 1.82) is 0 Å². The zero-order valence-electron chi connectivity index (χ0n) is 24.1. The summed E-state index contributed by atoms with van der Waals surface area (Å²) in [5.74, 6) is 0.171. The third-order valence-electron chi connectivity index (χ3n) is 7.65. The first kappa shape index (κ1) is 28.4. The molecule has 0 radical (unpaired) electrons. The van der Waals surface area contributed by atoms with Crippen LogP contribution in [0.3, 0.4) is 0 Å². The van der Waals surface area contributed by atoms with Crippen molar-refractivity contribution in [3.8, 4) is 11.1 Å². The topological polar surface area (TPSA) is 84.9 Å². The highest BCUT2D eigenvalue weighted by atomic mass is 16.6. The van der Waals surface area contributed by atoms with Gasteiger partial charge >= 0.3 is 12.2 Å². The van der Waals surface area contributed by atoms with Crippen LogP contribution in [0.2, 0.25) is 0 Å². The quantitative estimate of drug-likeness (QED) is 0.296. The number of nitrogens with zero attached hydrogens (tertiary/aromatic N) is 1. The normalized spacial score (nSPS) is 13.8. The number of carbonyl (C=O) groups is 3. The molecule has 1 heterocycles. The zero-order chi connectivity index (χ0) is 29.0. The molecule has 2 amide bonds. The average molecular weight is 555 g/mol. The number of hydrogen-bond acceptors (Lipinski definition) is 5. The summed E-state index contributed by atoms with van der Waals surface area (Å²) in [6.07, 6.45) is 1.22. The molecule has 214 valence electrons. The summed E-state index contributed by atoms with van der Waals surface area (Å²) < 4.78 is 11.1. The van der Waals surface area contributed by atoms with Gasteiger partial charge in [-0.25, -0.2) is 9.59 Å². The molecule has 7 heteroatoms. The number of rotatable bonds is 9. The lowest BCUT2D eigenvalue weighted by Crippen LogP contribution is -2.33. The number of ketones is 1.